The van der Waals surface area contributed by atoms with Crippen molar-refractivity contribution in [3.05, 3.63) is 0 Å². The summed E-state index contributed by atoms with van der Waals surface area (Å²) in [5.74, 6) is -2.17. The summed E-state index contributed by atoms with van der Waals surface area (Å²) in [6, 6.07) is 0. The number of carbonyl (C=O) groups excluding carboxylic acids is 2. The van der Waals surface area contributed by atoms with Crippen LogP contribution in [0.1, 0.15) is 13.8 Å². The Morgan fingerprint density at radius 2 is 1.00 bits per heavy atom. The molecule has 6 heteroatoms. The van der Waals surface area contributed by atoms with E-state index < -0.39 is 11.9 Å². The Hall–Kier alpha value is 0.605. The second kappa shape index (κ2) is 16.3. The third-order valence-electron chi connectivity index (χ3n) is 0. The van der Waals surface area contributed by atoms with Crippen molar-refractivity contribution >= 4 is 35.9 Å². The molecule has 0 heterocycles. The van der Waals surface area contributed by atoms with Crippen LogP contribution in [0.2, 0.25) is 0 Å². The first-order valence-corrected chi connectivity index (χ1v) is 1.82. The smallest absolute Gasteiger partial charge is 0.550 e. The van der Waals surface area contributed by atoms with Crippen LogP contribution < -0.4 is 10.2 Å². The second-order valence-electron chi connectivity index (χ2n) is 0.983. The number of carboxylic acids is 2. The van der Waals surface area contributed by atoms with Gasteiger partial charge in [0.2, 0.25) is 0 Å². The molecule has 10 heavy (non-hydrogen) atoms. The minimum absolute atomic E-state index is 0. The molecule has 0 fully saturated rings. The van der Waals surface area contributed by atoms with Gasteiger partial charge in [0.25, 0.3) is 0 Å². The summed E-state index contributed by atoms with van der Waals surface area (Å²) in [5.41, 5.74) is 0. The largest absolute Gasteiger partial charge is 2.00 e. The molecule has 0 amide bonds. The van der Waals surface area contributed by atoms with E-state index in [9.17, 15) is 0 Å². The normalized spacial score (nSPS) is 5.00. The van der Waals surface area contributed by atoms with Crippen molar-refractivity contribution in [3.63, 3.8) is 0 Å². The summed E-state index contributed by atoms with van der Waals surface area (Å²) >= 11 is 0. The molecule has 0 saturated carbocycles. The van der Waals surface area contributed by atoms with Gasteiger partial charge < -0.3 is 19.8 Å². The van der Waals surface area contributed by atoms with Crippen LogP contribution in [0.25, 0.3) is 0 Å². The Morgan fingerprint density at radius 1 is 1.00 bits per heavy atom. The molecular weight excluding hydrogens is 440 g/mol. The van der Waals surface area contributed by atoms with E-state index in [-0.39, 0.29) is 51.6 Å². The molecule has 4 nitrogen and oxygen atoms in total. The number of hydrogen-bond donors (Lipinski definition) is 0. The monoisotopic (exact) mass is 448 g/mol. The Morgan fingerprint density at radius 3 is 1.00 bits per heavy atom. The molecule has 0 aliphatic heterocycles. The van der Waals surface area contributed by atoms with Crippen LogP contribution in [-0.4, -0.2) is 11.9 Å². The first-order valence-electron chi connectivity index (χ1n) is 1.82. The van der Waals surface area contributed by atoms with Crippen LogP contribution in [-0.2, 0) is 37.3 Å². The average molecular weight is 447 g/mol. The van der Waals surface area contributed by atoms with E-state index in [1.165, 1.54) is 0 Å². The SMILES string of the molecule is CC(=O)[O-].CC(=O)[O-].I.[Hg+2]. The van der Waals surface area contributed by atoms with E-state index in [1.54, 1.807) is 0 Å². The number of halogens is 1. The number of hydrogen-bond acceptors (Lipinski definition) is 4. The zero-order valence-corrected chi connectivity index (χ0v) is 13.6. The summed E-state index contributed by atoms with van der Waals surface area (Å²) in [6.45, 7) is 1.94. The fourth-order valence-corrected chi connectivity index (χ4v) is 0. The van der Waals surface area contributed by atoms with Gasteiger partial charge in [0.05, 0.1) is 0 Å². The van der Waals surface area contributed by atoms with Gasteiger partial charge in [-0.25, -0.2) is 0 Å². The molecule has 0 aromatic heterocycles. The maximum absolute atomic E-state index is 8.89. The summed E-state index contributed by atoms with van der Waals surface area (Å²) in [7, 11) is 0. The minimum atomic E-state index is -1.08. The Balaban J connectivity index is -0.0000000300. The van der Waals surface area contributed by atoms with Crippen molar-refractivity contribution < 1.29 is 47.5 Å². The minimum Gasteiger partial charge on any atom is -0.550 e. The van der Waals surface area contributed by atoms with Gasteiger partial charge >= 0.3 is 27.7 Å². The fraction of sp³-hybridized carbons (Fsp3) is 0.500. The van der Waals surface area contributed by atoms with Crippen molar-refractivity contribution in [1.29, 1.82) is 0 Å². The molecule has 0 rings (SSSR count). The number of rotatable bonds is 0. The number of aliphatic carboxylic acids is 2. The van der Waals surface area contributed by atoms with Crippen LogP contribution in [0, 0.1) is 0 Å². The molecular formula is C4H7HgIO4. The molecule has 0 N–H and O–H groups in total. The Labute approximate surface area is 96.5 Å². The van der Waals surface area contributed by atoms with Gasteiger partial charge in [0.1, 0.15) is 0 Å². The topological polar surface area (TPSA) is 80.3 Å². The van der Waals surface area contributed by atoms with Gasteiger partial charge in [0, 0.05) is 11.9 Å². The molecule has 0 spiro atoms. The average Bonchev–Trinajstić information content (AvgIpc) is 1.25. The maximum Gasteiger partial charge on any atom is 2.00 e. The summed E-state index contributed by atoms with van der Waals surface area (Å²) < 4.78 is 0. The molecule has 0 unspecified atom stereocenters. The third-order valence-corrected chi connectivity index (χ3v) is 0. The molecule has 0 bridgehead atoms. The van der Waals surface area contributed by atoms with Crippen LogP contribution in [0.3, 0.4) is 0 Å². The zero-order valence-electron chi connectivity index (χ0n) is 5.75. The van der Waals surface area contributed by atoms with E-state index in [0.29, 0.717) is 0 Å². The molecule has 0 aliphatic carbocycles. The predicted octanol–water partition coefficient (Wildman–Crippen LogP) is -1.87. The van der Waals surface area contributed by atoms with Gasteiger partial charge in [-0.05, 0) is 13.8 Å². The van der Waals surface area contributed by atoms with Crippen molar-refractivity contribution in [2.24, 2.45) is 0 Å². The van der Waals surface area contributed by atoms with Crippen molar-refractivity contribution in [2.75, 3.05) is 0 Å². The van der Waals surface area contributed by atoms with Gasteiger partial charge in [-0.15, -0.1) is 24.0 Å². The fourth-order valence-electron chi connectivity index (χ4n) is 0. The van der Waals surface area contributed by atoms with Crippen LogP contribution in [0.15, 0.2) is 0 Å². The Bertz CT molecular complexity index is 75.3. The second-order valence-corrected chi connectivity index (χ2v) is 0.983. The van der Waals surface area contributed by atoms with E-state index in [0.717, 1.165) is 13.8 Å². The van der Waals surface area contributed by atoms with Crippen molar-refractivity contribution in [1.82, 2.24) is 0 Å². The van der Waals surface area contributed by atoms with E-state index >= 15 is 0 Å². The van der Waals surface area contributed by atoms with Gasteiger partial charge in [0.15, 0.2) is 0 Å². The third kappa shape index (κ3) is 1360. The predicted molar refractivity (Wildman–Crippen MR) is 36.8 cm³/mol. The zero-order chi connectivity index (χ0) is 7.15. The molecule has 56 valence electrons. The molecule has 0 aromatic rings. The number of carbonyl (C=O) groups is 2. The molecule has 0 radical (unpaired) electrons. The van der Waals surface area contributed by atoms with Gasteiger partial charge in [-0.3, -0.25) is 0 Å². The van der Waals surface area contributed by atoms with Crippen LogP contribution >= 0.6 is 24.0 Å². The van der Waals surface area contributed by atoms with Crippen molar-refractivity contribution in [2.45, 2.75) is 13.8 Å². The van der Waals surface area contributed by atoms with Crippen LogP contribution in [0.5, 0.6) is 0 Å². The molecule has 0 aliphatic rings. The number of carboxylic acid groups (broad SMARTS) is 2. The van der Waals surface area contributed by atoms with E-state index in [4.69, 9.17) is 19.8 Å². The van der Waals surface area contributed by atoms with Gasteiger partial charge in [-0.2, -0.15) is 0 Å². The van der Waals surface area contributed by atoms with E-state index in [1.807, 2.05) is 0 Å². The Kier molecular flexibility index (Phi) is 36.6. The standard InChI is InChI=1S/2C2H4O2.Hg.HI/c2*1-2(3)4;;/h2*1H3,(H,3,4);;1H/q;;+2;/p-2. The van der Waals surface area contributed by atoms with Crippen molar-refractivity contribution in [3.8, 4) is 0 Å². The van der Waals surface area contributed by atoms with Gasteiger partial charge in [-0.1, -0.05) is 0 Å². The first-order chi connectivity index (χ1) is 3.46. The quantitative estimate of drug-likeness (QED) is 0.323. The summed E-state index contributed by atoms with van der Waals surface area (Å²) in [6.07, 6.45) is 0. The summed E-state index contributed by atoms with van der Waals surface area (Å²) in [5, 5.41) is 17.8. The summed E-state index contributed by atoms with van der Waals surface area (Å²) in [4.78, 5) is 17.8. The molecule has 0 atom stereocenters. The molecule has 0 aromatic carbocycles. The molecule has 0 saturated heterocycles. The first kappa shape index (κ1) is 22.4. The maximum atomic E-state index is 8.89. The van der Waals surface area contributed by atoms with Crippen LogP contribution in [0.4, 0.5) is 0 Å². The van der Waals surface area contributed by atoms with E-state index in [2.05, 4.69) is 0 Å².